The molecule has 2 aromatic rings. The molecule has 6 nitrogen and oxygen atoms in total. The minimum absolute atomic E-state index is 0.0480. The highest BCUT2D eigenvalue weighted by Crippen LogP contribution is 2.32. The van der Waals surface area contributed by atoms with Crippen molar-refractivity contribution in [2.45, 2.75) is 26.0 Å². The molecule has 0 aliphatic carbocycles. The van der Waals surface area contributed by atoms with E-state index in [1.54, 1.807) is 24.3 Å². The van der Waals surface area contributed by atoms with Gasteiger partial charge in [-0.15, -0.1) is 0 Å². The summed E-state index contributed by atoms with van der Waals surface area (Å²) in [6, 6.07) is 13.6. The smallest absolute Gasteiger partial charge is 0.262 e. The van der Waals surface area contributed by atoms with Gasteiger partial charge >= 0.3 is 0 Å². The SMILES string of the molecule is CCCNC(=O)[C@@H]1CN(CC(=O)NCc2ccccc2F)c2ccccc2O1. The molecule has 0 bridgehead atoms. The van der Waals surface area contributed by atoms with Gasteiger partial charge in [0.05, 0.1) is 18.8 Å². The maximum absolute atomic E-state index is 13.7. The van der Waals surface area contributed by atoms with Crippen molar-refractivity contribution in [1.82, 2.24) is 10.6 Å². The van der Waals surface area contributed by atoms with Crippen LogP contribution in [0.2, 0.25) is 0 Å². The first-order chi connectivity index (χ1) is 13.6. The van der Waals surface area contributed by atoms with Crippen LogP contribution in [0.1, 0.15) is 18.9 Å². The molecule has 0 spiro atoms. The Kier molecular flexibility index (Phi) is 6.47. The van der Waals surface area contributed by atoms with Gasteiger partial charge in [0.2, 0.25) is 5.91 Å². The molecule has 0 radical (unpaired) electrons. The highest BCUT2D eigenvalue weighted by Gasteiger charge is 2.31. The van der Waals surface area contributed by atoms with E-state index in [2.05, 4.69) is 10.6 Å². The predicted octanol–water partition coefficient (Wildman–Crippen LogP) is 2.24. The van der Waals surface area contributed by atoms with Gasteiger partial charge in [-0.25, -0.2) is 4.39 Å². The van der Waals surface area contributed by atoms with Crippen molar-refractivity contribution in [3.05, 3.63) is 59.9 Å². The van der Waals surface area contributed by atoms with Crippen LogP contribution in [0, 0.1) is 5.82 Å². The van der Waals surface area contributed by atoms with E-state index >= 15 is 0 Å². The standard InChI is InChI=1S/C21H24FN3O3/c1-2-11-23-21(27)19-13-25(17-9-5-6-10-18(17)28-19)14-20(26)24-12-15-7-3-4-8-16(15)22/h3-10,19H,2,11-14H2,1H3,(H,23,27)(H,24,26)/t19-/m0/s1. The number of nitrogens with one attached hydrogen (secondary N) is 2. The molecule has 28 heavy (non-hydrogen) atoms. The van der Waals surface area contributed by atoms with Gasteiger partial charge in [-0.05, 0) is 24.6 Å². The number of amides is 2. The molecule has 0 fully saturated rings. The van der Waals surface area contributed by atoms with Crippen LogP contribution in [-0.4, -0.2) is 37.6 Å². The molecule has 0 saturated heterocycles. The Labute approximate surface area is 163 Å². The summed E-state index contributed by atoms with van der Waals surface area (Å²) in [6.45, 7) is 2.97. The molecule has 2 amide bonds. The van der Waals surface area contributed by atoms with Crippen LogP contribution in [0.4, 0.5) is 10.1 Å². The summed E-state index contributed by atoms with van der Waals surface area (Å²) in [5.41, 5.74) is 1.18. The summed E-state index contributed by atoms with van der Waals surface area (Å²) in [4.78, 5) is 26.6. The lowest BCUT2D eigenvalue weighted by Crippen LogP contribution is -2.51. The summed E-state index contributed by atoms with van der Waals surface area (Å²) in [5.74, 6) is -0.250. The molecule has 1 aliphatic rings. The third-order valence-electron chi connectivity index (χ3n) is 4.47. The summed E-state index contributed by atoms with van der Waals surface area (Å²) in [6.07, 6.45) is 0.137. The third-order valence-corrected chi connectivity index (χ3v) is 4.47. The Morgan fingerprint density at radius 3 is 2.68 bits per heavy atom. The van der Waals surface area contributed by atoms with Crippen LogP contribution < -0.4 is 20.3 Å². The lowest BCUT2D eigenvalue weighted by atomic mass is 10.1. The summed E-state index contributed by atoms with van der Waals surface area (Å²) < 4.78 is 19.5. The normalized spacial score (nSPS) is 15.4. The van der Waals surface area contributed by atoms with Gasteiger partial charge in [0, 0.05) is 18.7 Å². The van der Waals surface area contributed by atoms with E-state index in [9.17, 15) is 14.0 Å². The maximum Gasteiger partial charge on any atom is 0.262 e. The minimum Gasteiger partial charge on any atom is -0.477 e. The number of fused-ring (bicyclic) bond motifs is 1. The average Bonchev–Trinajstić information content (AvgIpc) is 2.71. The van der Waals surface area contributed by atoms with Crippen molar-refractivity contribution in [1.29, 1.82) is 0 Å². The minimum atomic E-state index is -0.694. The first-order valence-corrected chi connectivity index (χ1v) is 9.37. The summed E-state index contributed by atoms with van der Waals surface area (Å²) in [7, 11) is 0. The highest BCUT2D eigenvalue weighted by atomic mass is 19.1. The quantitative estimate of drug-likeness (QED) is 0.767. The van der Waals surface area contributed by atoms with Crippen molar-refractivity contribution >= 4 is 17.5 Å². The second kappa shape index (κ2) is 9.21. The summed E-state index contributed by atoms with van der Waals surface area (Å²) >= 11 is 0. The van der Waals surface area contributed by atoms with Gasteiger partial charge in [0.1, 0.15) is 11.6 Å². The number of rotatable bonds is 7. The van der Waals surface area contributed by atoms with Crippen molar-refractivity contribution in [2.24, 2.45) is 0 Å². The number of hydrogen-bond donors (Lipinski definition) is 2. The topological polar surface area (TPSA) is 70.7 Å². The Hall–Kier alpha value is -3.09. The number of anilines is 1. The molecule has 1 atom stereocenters. The molecule has 1 aliphatic heterocycles. The van der Waals surface area contributed by atoms with E-state index in [0.29, 0.717) is 17.9 Å². The Morgan fingerprint density at radius 2 is 1.89 bits per heavy atom. The molecule has 0 aromatic heterocycles. The van der Waals surface area contributed by atoms with E-state index in [-0.39, 0.29) is 37.3 Å². The number of para-hydroxylation sites is 2. The van der Waals surface area contributed by atoms with E-state index in [1.165, 1.54) is 6.07 Å². The van der Waals surface area contributed by atoms with Crippen LogP contribution in [0.25, 0.3) is 0 Å². The van der Waals surface area contributed by atoms with Crippen LogP contribution in [0.15, 0.2) is 48.5 Å². The van der Waals surface area contributed by atoms with Crippen LogP contribution in [0.3, 0.4) is 0 Å². The molecule has 148 valence electrons. The lowest BCUT2D eigenvalue weighted by Gasteiger charge is -2.35. The largest absolute Gasteiger partial charge is 0.477 e. The molecule has 0 saturated carbocycles. The number of carbonyl (C=O) groups excluding carboxylic acids is 2. The fraction of sp³-hybridized carbons (Fsp3) is 0.333. The third kappa shape index (κ3) is 4.79. The zero-order valence-corrected chi connectivity index (χ0v) is 15.8. The van der Waals surface area contributed by atoms with Gasteiger partial charge in [0.25, 0.3) is 5.91 Å². The van der Waals surface area contributed by atoms with Gasteiger partial charge in [-0.1, -0.05) is 37.3 Å². The monoisotopic (exact) mass is 385 g/mol. The number of halogens is 1. The number of nitrogens with zero attached hydrogens (tertiary/aromatic N) is 1. The Balaban J connectivity index is 1.66. The molecule has 3 rings (SSSR count). The second-order valence-electron chi connectivity index (χ2n) is 6.61. The van der Waals surface area contributed by atoms with Crippen LogP contribution in [0.5, 0.6) is 5.75 Å². The average molecular weight is 385 g/mol. The van der Waals surface area contributed by atoms with Crippen molar-refractivity contribution in [3.8, 4) is 5.75 Å². The Morgan fingerprint density at radius 1 is 1.14 bits per heavy atom. The molecule has 7 heteroatoms. The summed E-state index contributed by atoms with van der Waals surface area (Å²) in [5, 5.41) is 5.56. The number of carbonyl (C=O) groups is 2. The van der Waals surface area contributed by atoms with Crippen molar-refractivity contribution in [2.75, 3.05) is 24.5 Å². The molecule has 2 aromatic carbocycles. The predicted molar refractivity (Wildman–Crippen MR) is 105 cm³/mol. The van der Waals surface area contributed by atoms with Gasteiger partial charge < -0.3 is 20.3 Å². The zero-order valence-electron chi connectivity index (χ0n) is 15.8. The molecular formula is C21H24FN3O3. The van der Waals surface area contributed by atoms with Crippen LogP contribution in [-0.2, 0) is 16.1 Å². The number of ether oxygens (including phenoxy) is 1. The van der Waals surface area contributed by atoms with Gasteiger partial charge in [0.15, 0.2) is 6.10 Å². The van der Waals surface area contributed by atoms with E-state index < -0.39 is 6.10 Å². The Bertz CT molecular complexity index is 843. The highest BCUT2D eigenvalue weighted by molar-refractivity contribution is 5.86. The van der Waals surface area contributed by atoms with E-state index in [1.807, 2.05) is 30.0 Å². The molecule has 0 unspecified atom stereocenters. The zero-order chi connectivity index (χ0) is 19.9. The fourth-order valence-corrected chi connectivity index (χ4v) is 3.02. The molecule has 1 heterocycles. The van der Waals surface area contributed by atoms with Crippen molar-refractivity contribution in [3.63, 3.8) is 0 Å². The van der Waals surface area contributed by atoms with Gasteiger partial charge in [-0.2, -0.15) is 0 Å². The number of benzene rings is 2. The van der Waals surface area contributed by atoms with Gasteiger partial charge in [-0.3, -0.25) is 9.59 Å². The molecular weight excluding hydrogens is 361 g/mol. The fourth-order valence-electron chi connectivity index (χ4n) is 3.02. The van der Waals surface area contributed by atoms with E-state index in [0.717, 1.165) is 12.1 Å². The second-order valence-corrected chi connectivity index (χ2v) is 6.61. The maximum atomic E-state index is 13.7. The van der Waals surface area contributed by atoms with Crippen LogP contribution >= 0.6 is 0 Å². The molecule has 2 N–H and O–H groups in total. The first-order valence-electron chi connectivity index (χ1n) is 9.37. The number of hydrogen-bond acceptors (Lipinski definition) is 4. The van der Waals surface area contributed by atoms with E-state index in [4.69, 9.17) is 4.74 Å². The first kappa shape index (κ1) is 19.7. The lowest BCUT2D eigenvalue weighted by molar-refractivity contribution is -0.128. The van der Waals surface area contributed by atoms with Crippen molar-refractivity contribution < 1.29 is 18.7 Å².